The summed E-state index contributed by atoms with van der Waals surface area (Å²) in [4.78, 5) is 0.253. The van der Waals surface area contributed by atoms with Gasteiger partial charge in [-0.15, -0.1) is 0 Å². The molecule has 8 heteroatoms. The lowest BCUT2D eigenvalue weighted by Crippen LogP contribution is -2.48. The zero-order valence-electron chi connectivity index (χ0n) is 11.6. The number of hydrogen-bond acceptors (Lipinski definition) is 4. The molecule has 0 spiro atoms. The quantitative estimate of drug-likeness (QED) is 0.839. The van der Waals surface area contributed by atoms with E-state index in [0.717, 1.165) is 0 Å². The maximum atomic E-state index is 12.8. The van der Waals surface area contributed by atoms with Crippen molar-refractivity contribution in [3.8, 4) is 0 Å². The third-order valence-electron chi connectivity index (χ3n) is 3.45. The summed E-state index contributed by atoms with van der Waals surface area (Å²) < 4.78 is 32.4. The molecule has 0 saturated carbocycles. The number of rotatable bonds is 4. The summed E-state index contributed by atoms with van der Waals surface area (Å²) in [6.07, 6.45) is 0.682. The van der Waals surface area contributed by atoms with E-state index < -0.39 is 10.0 Å². The van der Waals surface area contributed by atoms with Crippen LogP contribution in [0.3, 0.4) is 0 Å². The van der Waals surface area contributed by atoms with Crippen molar-refractivity contribution in [2.75, 3.05) is 19.8 Å². The highest BCUT2D eigenvalue weighted by Gasteiger charge is 2.34. The molecule has 116 valence electrons. The average Bonchev–Trinajstić information content (AvgIpc) is 2.46. The van der Waals surface area contributed by atoms with Crippen LogP contribution in [0.25, 0.3) is 0 Å². The van der Waals surface area contributed by atoms with Crippen LogP contribution in [0.15, 0.2) is 23.1 Å². The normalized spacial score (nSPS) is 20.4. The van der Waals surface area contributed by atoms with E-state index in [1.54, 1.807) is 6.07 Å². The molecule has 1 aromatic carbocycles. The summed E-state index contributed by atoms with van der Waals surface area (Å²) in [6, 6.07) is 4.34. The number of hydrogen-bond donors (Lipinski definition) is 1. The van der Waals surface area contributed by atoms with E-state index in [0.29, 0.717) is 31.7 Å². The fourth-order valence-electron chi connectivity index (χ4n) is 2.27. The number of halogens is 1. The van der Waals surface area contributed by atoms with Gasteiger partial charge in [-0.3, -0.25) is 0 Å². The lowest BCUT2D eigenvalue weighted by molar-refractivity contribution is 0.0314. The van der Waals surface area contributed by atoms with Gasteiger partial charge in [-0.1, -0.05) is 36.8 Å². The number of benzene rings is 1. The van der Waals surface area contributed by atoms with Gasteiger partial charge in [-0.2, -0.15) is 4.31 Å². The molecule has 1 saturated heterocycles. The Balaban J connectivity index is 2.41. The number of nitrogens with two attached hydrogens (primary N) is 1. The van der Waals surface area contributed by atoms with E-state index >= 15 is 0 Å². The molecule has 2 N–H and O–H groups in total. The molecule has 1 aliphatic heterocycles. The minimum absolute atomic E-state index is 0.0736. The first-order chi connectivity index (χ1) is 9.87. The predicted molar refractivity (Wildman–Crippen MR) is 86.1 cm³/mol. The molecule has 1 unspecified atom stereocenters. The third-order valence-corrected chi connectivity index (χ3v) is 6.12. The van der Waals surface area contributed by atoms with Crippen LogP contribution in [0.1, 0.15) is 18.9 Å². The van der Waals surface area contributed by atoms with Crippen LogP contribution in [0.4, 0.5) is 0 Å². The van der Waals surface area contributed by atoms with Gasteiger partial charge in [0, 0.05) is 18.2 Å². The molecule has 0 amide bonds. The minimum Gasteiger partial charge on any atom is -0.389 e. The van der Waals surface area contributed by atoms with Crippen LogP contribution in [-0.4, -0.2) is 43.5 Å². The molecule has 1 atom stereocenters. The van der Waals surface area contributed by atoms with Crippen LogP contribution >= 0.6 is 23.8 Å². The van der Waals surface area contributed by atoms with Crippen LogP contribution < -0.4 is 5.73 Å². The van der Waals surface area contributed by atoms with Gasteiger partial charge in [0.1, 0.15) is 9.88 Å². The van der Waals surface area contributed by atoms with Gasteiger partial charge in [0.25, 0.3) is 0 Å². The van der Waals surface area contributed by atoms with Crippen molar-refractivity contribution in [1.82, 2.24) is 4.31 Å². The zero-order valence-corrected chi connectivity index (χ0v) is 14.0. The molecular formula is C13H17ClN2O3S2. The fourth-order valence-corrected chi connectivity index (χ4v) is 4.58. The molecule has 1 aromatic rings. The molecule has 21 heavy (non-hydrogen) atoms. The molecule has 1 heterocycles. The van der Waals surface area contributed by atoms with Crippen LogP contribution in [-0.2, 0) is 14.8 Å². The molecule has 0 aromatic heterocycles. The topological polar surface area (TPSA) is 72.6 Å². The van der Waals surface area contributed by atoms with E-state index in [1.165, 1.54) is 16.4 Å². The van der Waals surface area contributed by atoms with Crippen molar-refractivity contribution >= 4 is 38.8 Å². The molecule has 0 bridgehead atoms. The second kappa shape index (κ2) is 6.58. The Hall–Kier alpha value is -0.730. The number of morpholine rings is 1. The summed E-state index contributed by atoms with van der Waals surface area (Å²) in [5.74, 6) is 0. The highest BCUT2D eigenvalue weighted by Crippen LogP contribution is 2.28. The lowest BCUT2D eigenvalue weighted by atomic mass is 10.2. The van der Waals surface area contributed by atoms with Gasteiger partial charge in [-0.05, 0) is 18.6 Å². The molecule has 1 fully saturated rings. The summed E-state index contributed by atoms with van der Waals surface area (Å²) >= 11 is 11.0. The molecular weight excluding hydrogens is 332 g/mol. The number of ether oxygens (including phenoxy) is 1. The van der Waals surface area contributed by atoms with Crippen molar-refractivity contribution in [3.63, 3.8) is 0 Å². The minimum atomic E-state index is -3.66. The van der Waals surface area contributed by atoms with Gasteiger partial charge in [0.05, 0.1) is 18.2 Å². The van der Waals surface area contributed by atoms with E-state index in [-0.39, 0.29) is 20.9 Å². The fraction of sp³-hybridized carbons (Fsp3) is 0.462. The smallest absolute Gasteiger partial charge is 0.244 e. The maximum absolute atomic E-state index is 12.8. The van der Waals surface area contributed by atoms with Crippen LogP contribution in [0, 0.1) is 0 Å². The SMILES string of the molecule is CCC1COCCN1S(=O)(=O)c1ccc(C(N)=S)cc1Cl. The van der Waals surface area contributed by atoms with E-state index in [4.69, 9.17) is 34.3 Å². The second-order valence-electron chi connectivity index (χ2n) is 4.76. The molecule has 0 radical (unpaired) electrons. The molecule has 1 aliphatic rings. The summed E-state index contributed by atoms with van der Waals surface area (Å²) in [7, 11) is -3.66. The van der Waals surface area contributed by atoms with Crippen molar-refractivity contribution < 1.29 is 13.2 Å². The second-order valence-corrected chi connectivity index (χ2v) is 7.47. The Bertz CT molecular complexity index is 649. The van der Waals surface area contributed by atoms with Crippen molar-refractivity contribution in [2.45, 2.75) is 24.3 Å². The van der Waals surface area contributed by atoms with Crippen LogP contribution in [0.2, 0.25) is 5.02 Å². The first-order valence-corrected chi connectivity index (χ1v) is 8.79. The maximum Gasteiger partial charge on any atom is 0.244 e. The number of sulfonamides is 1. The first kappa shape index (κ1) is 16.6. The van der Waals surface area contributed by atoms with E-state index in [9.17, 15) is 8.42 Å². The van der Waals surface area contributed by atoms with Crippen molar-refractivity contribution in [1.29, 1.82) is 0 Å². The Morgan fingerprint density at radius 1 is 1.57 bits per heavy atom. The van der Waals surface area contributed by atoms with Gasteiger partial charge < -0.3 is 10.5 Å². The van der Waals surface area contributed by atoms with Crippen LogP contribution in [0.5, 0.6) is 0 Å². The zero-order chi connectivity index (χ0) is 15.6. The Labute approximate surface area is 135 Å². The Kier molecular flexibility index (Phi) is 5.21. The monoisotopic (exact) mass is 348 g/mol. The van der Waals surface area contributed by atoms with Gasteiger partial charge in [-0.25, -0.2) is 8.42 Å². The predicted octanol–water partition coefficient (Wildman–Crippen LogP) is 1.77. The van der Waals surface area contributed by atoms with E-state index in [2.05, 4.69) is 0 Å². The summed E-state index contributed by atoms with van der Waals surface area (Å²) in [6.45, 7) is 3.05. The highest BCUT2D eigenvalue weighted by atomic mass is 35.5. The average molecular weight is 349 g/mol. The largest absolute Gasteiger partial charge is 0.389 e. The Morgan fingerprint density at radius 3 is 2.86 bits per heavy atom. The third kappa shape index (κ3) is 3.37. The van der Waals surface area contributed by atoms with Crippen molar-refractivity contribution in [2.24, 2.45) is 5.73 Å². The highest BCUT2D eigenvalue weighted by molar-refractivity contribution is 7.89. The number of nitrogens with zero attached hydrogens (tertiary/aromatic N) is 1. The molecule has 2 rings (SSSR count). The molecule has 0 aliphatic carbocycles. The van der Waals surface area contributed by atoms with Gasteiger partial charge in [0.2, 0.25) is 10.0 Å². The first-order valence-electron chi connectivity index (χ1n) is 6.57. The van der Waals surface area contributed by atoms with Crippen molar-refractivity contribution in [3.05, 3.63) is 28.8 Å². The van der Waals surface area contributed by atoms with E-state index in [1.807, 2.05) is 6.92 Å². The summed E-state index contributed by atoms with van der Waals surface area (Å²) in [5.41, 5.74) is 6.07. The van der Waals surface area contributed by atoms with Gasteiger partial charge >= 0.3 is 0 Å². The standard InChI is InChI=1S/C13H17ClN2O3S2/c1-2-10-8-19-6-5-16(10)21(17,18)12-4-3-9(13(15)20)7-11(12)14/h3-4,7,10H,2,5-6,8H2,1H3,(H2,15,20). The molecule has 5 nitrogen and oxygen atoms in total. The number of thiocarbonyl (C=S) groups is 1. The van der Waals surface area contributed by atoms with Gasteiger partial charge in [0.15, 0.2) is 0 Å². The lowest BCUT2D eigenvalue weighted by Gasteiger charge is -2.34. The Morgan fingerprint density at radius 2 is 2.29 bits per heavy atom. The summed E-state index contributed by atoms with van der Waals surface area (Å²) in [5, 5.41) is 0.127.